The molecule has 0 aliphatic rings. The minimum atomic E-state index is -0.245. The Bertz CT molecular complexity index is 1200. The molecule has 37 heavy (non-hydrogen) atoms. The van der Waals surface area contributed by atoms with Crippen molar-refractivity contribution >= 4 is 42.2 Å². The van der Waals surface area contributed by atoms with Crippen molar-refractivity contribution < 1.29 is 19.1 Å². The predicted octanol–water partition coefficient (Wildman–Crippen LogP) is 2.85. The highest BCUT2D eigenvalue weighted by Gasteiger charge is 2.12. The summed E-state index contributed by atoms with van der Waals surface area (Å²) in [6.45, 7) is 4.86. The Morgan fingerprint density at radius 1 is 1.08 bits per heavy atom. The van der Waals surface area contributed by atoms with E-state index in [4.69, 9.17) is 4.74 Å². The number of pyridine rings is 1. The van der Waals surface area contributed by atoms with Crippen LogP contribution < -0.4 is 20.7 Å². The van der Waals surface area contributed by atoms with Crippen molar-refractivity contribution in [2.45, 2.75) is 26.7 Å². The third kappa shape index (κ3) is 9.32. The molecule has 3 N–H and O–H groups in total. The van der Waals surface area contributed by atoms with Gasteiger partial charge in [-0.2, -0.15) is 5.10 Å². The molecule has 0 aliphatic carbocycles. The summed E-state index contributed by atoms with van der Waals surface area (Å²) in [5.74, 6) is 1.14. The van der Waals surface area contributed by atoms with Crippen molar-refractivity contribution in [3.8, 4) is 5.75 Å². The number of hydrogen-bond acceptors (Lipinski definition) is 7. The molecule has 193 valence electrons. The van der Waals surface area contributed by atoms with Crippen LogP contribution in [-0.2, 0) is 16.1 Å². The van der Waals surface area contributed by atoms with E-state index < -0.39 is 0 Å². The van der Waals surface area contributed by atoms with Crippen molar-refractivity contribution in [1.82, 2.24) is 19.7 Å². The third-order valence-corrected chi connectivity index (χ3v) is 5.28. The fourth-order valence-corrected chi connectivity index (χ4v) is 3.16. The number of carbonyl (C=O) groups is 3. The van der Waals surface area contributed by atoms with Crippen LogP contribution in [0.5, 0.6) is 5.75 Å². The zero-order valence-electron chi connectivity index (χ0n) is 21.2. The minimum absolute atomic E-state index is 0.0484. The molecule has 0 bridgehead atoms. The van der Waals surface area contributed by atoms with Crippen LogP contribution in [0.15, 0.2) is 54.9 Å². The summed E-state index contributed by atoms with van der Waals surface area (Å²) in [7, 11) is 3.12. The van der Waals surface area contributed by atoms with Crippen LogP contribution in [0.1, 0.15) is 12.0 Å². The van der Waals surface area contributed by atoms with E-state index >= 15 is 0 Å². The van der Waals surface area contributed by atoms with E-state index in [0.29, 0.717) is 37.0 Å². The Labute approximate surface area is 216 Å². The topological polar surface area (TPSA) is 130 Å². The maximum absolute atomic E-state index is 12.5. The molecular weight excluding hydrogens is 473 g/mol. The van der Waals surface area contributed by atoms with Gasteiger partial charge in [-0.1, -0.05) is 30.6 Å². The Hall–Kier alpha value is -4.35. The first kappa shape index (κ1) is 27.2. The number of amides is 3. The molecule has 0 aliphatic heterocycles. The summed E-state index contributed by atoms with van der Waals surface area (Å²) in [4.78, 5) is 42.1. The molecule has 3 amide bonds. The Balaban J connectivity index is 1.36. The Morgan fingerprint density at radius 3 is 2.59 bits per heavy atom. The summed E-state index contributed by atoms with van der Waals surface area (Å²) in [5.41, 5.74) is 1.66. The zero-order valence-corrected chi connectivity index (χ0v) is 21.2. The molecule has 3 aromatic rings. The monoisotopic (exact) mass is 504 g/mol. The second-order valence-corrected chi connectivity index (χ2v) is 8.31. The zero-order chi connectivity index (χ0) is 26.6. The molecule has 0 fully saturated rings. The van der Waals surface area contributed by atoms with Gasteiger partial charge in [-0.3, -0.25) is 19.1 Å². The molecule has 2 aromatic heterocycles. The van der Waals surface area contributed by atoms with Gasteiger partial charge in [0, 0.05) is 26.2 Å². The Kier molecular flexibility index (Phi) is 10.1. The molecule has 12 heteroatoms. The SMILES string of the molecule is C[B]C(=O)Nc1cccc(NCCC(=O)Nc2cnn(CC(=O)N(C)CCOc3ccc(C)cc3)c2)n1. The number of nitrogens with one attached hydrogen (secondary N) is 3. The van der Waals surface area contributed by atoms with E-state index in [-0.39, 0.29) is 30.6 Å². The third-order valence-electron chi connectivity index (χ3n) is 5.28. The summed E-state index contributed by atoms with van der Waals surface area (Å²) in [6.07, 6.45) is 3.30. The largest absolute Gasteiger partial charge is 0.492 e. The number of likely N-dealkylation sites (N-methyl/N-ethyl adjacent to an activating group) is 1. The van der Waals surface area contributed by atoms with Crippen molar-refractivity contribution in [3.63, 3.8) is 0 Å². The lowest BCUT2D eigenvalue weighted by Gasteiger charge is -2.17. The van der Waals surface area contributed by atoms with Gasteiger partial charge in [0.25, 0.3) is 0 Å². The van der Waals surface area contributed by atoms with Crippen LogP contribution in [0.3, 0.4) is 0 Å². The summed E-state index contributed by atoms with van der Waals surface area (Å²) in [6, 6.07) is 12.9. The Morgan fingerprint density at radius 2 is 1.84 bits per heavy atom. The van der Waals surface area contributed by atoms with E-state index in [1.165, 1.54) is 18.2 Å². The van der Waals surface area contributed by atoms with Gasteiger partial charge in [0.1, 0.15) is 30.5 Å². The first-order valence-electron chi connectivity index (χ1n) is 11.9. The van der Waals surface area contributed by atoms with Crippen molar-refractivity contribution in [2.75, 3.05) is 42.7 Å². The van der Waals surface area contributed by atoms with Crippen LogP contribution in [0.4, 0.5) is 22.1 Å². The van der Waals surface area contributed by atoms with Crippen LogP contribution in [0.25, 0.3) is 0 Å². The molecule has 3 rings (SSSR count). The standard InChI is InChI=1S/C25H31BN7O4/c1-18-7-9-20(10-8-18)37-14-13-32(3)24(35)17-33-16-19(15-28-33)29-23(34)11-12-27-21-5-4-6-22(30-21)31-25(36)26-2/h4-10,15-16H,11-14,17H2,1-3H3,(H,29,34)(H2,27,30,31,36). The van der Waals surface area contributed by atoms with Crippen LogP contribution in [0.2, 0.25) is 6.82 Å². The van der Waals surface area contributed by atoms with Crippen LogP contribution in [0, 0.1) is 6.92 Å². The molecule has 0 saturated heterocycles. The van der Waals surface area contributed by atoms with Gasteiger partial charge in [-0.05, 0) is 31.2 Å². The molecule has 0 spiro atoms. The number of hydrogen-bond donors (Lipinski definition) is 3. The number of aryl methyl sites for hydroxylation is 1. The molecule has 11 nitrogen and oxygen atoms in total. The van der Waals surface area contributed by atoms with E-state index in [2.05, 4.69) is 26.0 Å². The summed E-state index contributed by atoms with van der Waals surface area (Å²) >= 11 is 0. The van der Waals surface area contributed by atoms with E-state index in [1.807, 2.05) is 31.2 Å². The first-order chi connectivity index (χ1) is 17.8. The van der Waals surface area contributed by atoms with Crippen LogP contribution in [-0.4, -0.2) is 71.3 Å². The number of carbonyl (C=O) groups excluding carboxylic acids is 3. The van der Waals surface area contributed by atoms with E-state index in [9.17, 15) is 14.4 Å². The highest BCUT2D eigenvalue weighted by Crippen LogP contribution is 2.12. The average molecular weight is 504 g/mol. The average Bonchev–Trinajstić information content (AvgIpc) is 3.31. The number of rotatable bonds is 13. The minimum Gasteiger partial charge on any atom is -0.492 e. The second-order valence-electron chi connectivity index (χ2n) is 8.31. The maximum atomic E-state index is 12.5. The van der Waals surface area contributed by atoms with E-state index in [0.717, 1.165) is 11.3 Å². The predicted molar refractivity (Wildman–Crippen MR) is 143 cm³/mol. The quantitative estimate of drug-likeness (QED) is 0.305. The normalized spacial score (nSPS) is 10.4. The highest BCUT2D eigenvalue weighted by molar-refractivity contribution is 6.74. The van der Waals surface area contributed by atoms with Gasteiger partial charge in [-0.25, -0.2) is 4.98 Å². The lowest BCUT2D eigenvalue weighted by atomic mass is 9.81. The highest BCUT2D eigenvalue weighted by atomic mass is 16.5. The van der Waals surface area contributed by atoms with Gasteiger partial charge < -0.3 is 25.6 Å². The lowest BCUT2D eigenvalue weighted by molar-refractivity contribution is -0.131. The maximum Gasteiger partial charge on any atom is 0.244 e. The van der Waals surface area contributed by atoms with Crippen LogP contribution >= 0.6 is 0 Å². The molecule has 1 aromatic carbocycles. The summed E-state index contributed by atoms with van der Waals surface area (Å²) < 4.78 is 7.15. The lowest BCUT2D eigenvalue weighted by Crippen LogP contribution is -2.33. The fraction of sp³-hybridized carbons (Fsp3) is 0.320. The number of nitrogens with zero attached hydrogens (tertiary/aromatic N) is 4. The molecular formula is C25H31BN7O4. The van der Waals surface area contributed by atoms with Crippen molar-refractivity contribution in [2.24, 2.45) is 0 Å². The van der Waals surface area contributed by atoms with E-state index in [1.54, 1.807) is 43.2 Å². The molecule has 0 atom stereocenters. The molecule has 1 radical (unpaired) electrons. The van der Waals surface area contributed by atoms with Crippen molar-refractivity contribution in [1.29, 1.82) is 0 Å². The molecule has 0 unspecified atom stereocenters. The fourth-order valence-electron chi connectivity index (χ4n) is 3.16. The number of benzene rings is 1. The second kappa shape index (κ2) is 13.7. The first-order valence-corrected chi connectivity index (χ1v) is 11.9. The number of ether oxygens (including phenoxy) is 1. The molecule has 0 saturated carbocycles. The number of anilines is 3. The number of aromatic nitrogens is 3. The summed E-state index contributed by atoms with van der Waals surface area (Å²) in [5, 5.41) is 12.6. The van der Waals surface area contributed by atoms with Gasteiger partial charge in [0.2, 0.25) is 19.1 Å². The smallest absolute Gasteiger partial charge is 0.244 e. The van der Waals surface area contributed by atoms with Crippen molar-refractivity contribution in [3.05, 3.63) is 60.4 Å². The molecule has 2 heterocycles. The van der Waals surface area contributed by atoms with Gasteiger partial charge in [0.05, 0.1) is 18.4 Å². The van der Waals surface area contributed by atoms with Gasteiger partial charge >= 0.3 is 0 Å². The van der Waals surface area contributed by atoms with Gasteiger partial charge in [-0.15, -0.1) is 0 Å². The van der Waals surface area contributed by atoms with Gasteiger partial charge in [0.15, 0.2) is 5.81 Å².